The third-order valence-electron chi connectivity index (χ3n) is 3.17. The highest BCUT2D eigenvalue weighted by atomic mass is 35.5. The first-order valence-electron chi connectivity index (χ1n) is 6.00. The first-order valence-corrected chi connectivity index (χ1v) is 6.38. The van der Waals surface area contributed by atoms with E-state index >= 15 is 0 Å². The van der Waals surface area contributed by atoms with Gasteiger partial charge in [0, 0.05) is 10.9 Å². The molecule has 3 rings (SSSR count). The van der Waals surface area contributed by atoms with Gasteiger partial charge < -0.3 is 5.11 Å². The average molecular weight is 270 g/mol. The zero-order chi connectivity index (χ0) is 13.4. The van der Waals surface area contributed by atoms with Crippen LogP contribution in [-0.2, 0) is 0 Å². The van der Waals surface area contributed by atoms with Crippen LogP contribution in [0.4, 0.5) is 0 Å². The Labute approximate surface area is 116 Å². The Hall–Kier alpha value is -2.06. The van der Waals surface area contributed by atoms with Crippen molar-refractivity contribution in [1.82, 2.24) is 4.98 Å². The number of para-hydroxylation sites is 1. The van der Waals surface area contributed by atoms with E-state index in [1.165, 1.54) is 0 Å². The summed E-state index contributed by atoms with van der Waals surface area (Å²) >= 11 is 5.98. The molecule has 94 valence electrons. The van der Waals surface area contributed by atoms with Gasteiger partial charge in [-0.1, -0.05) is 35.9 Å². The van der Waals surface area contributed by atoms with E-state index in [-0.39, 0.29) is 5.75 Å². The highest BCUT2D eigenvalue weighted by Gasteiger charge is 2.08. The molecule has 19 heavy (non-hydrogen) atoms. The number of pyridine rings is 1. The molecule has 0 fully saturated rings. The van der Waals surface area contributed by atoms with E-state index < -0.39 is 0 Å². The second kappa shape index (κ2) is 4.56. The van der Waals surface area contributed by atoms with E-state index in [1.807, 2.05) is 43.3 Å². The van der Waals surface area contributed by atoms with Crippen molar-refractivity contribution < 1.29 is 5.11 Å². The summed E-state index contributed by atoms with van der Waals surface area (Å²) < 4.78 is 0. The second-order valence-electron chi connectivity index (χ2n) is 4.51. The summed E-state index contributed by atoms with van der Waals surface area (Å²) in [6.07, 6.45) is 0. The van der Waals surface area contributed by atoms with Crippen molar-refractivity contribution in [2.24, 2.45) is 0 Å². The highest BCUT2D eigenvalue weighted by molar-refractivity contribution is 6.32. The fourth-order valence-electron chi connectivity index (χ4n) is 2.16. The molecule has 0 saturated carbocycles. The monoisotopic (exact) mass is 269 g/mol. The number of rotatable bonds is 1. The van der Waals surface area contributed by atoms with Gasteiger partial charge in [0.15, 0.2) is 0 Å². The first kappa shape index (κ1) is 12.0. The number of aromatic nitrogens is 1. The number of fused-ring (bicyclic) bond motifs is 1. The molecule has 3 heteroatoms. The van der Waals surface area contributed by atoms with Crippen molar-refractivity contribution >= 4 is 22.5 Å². The van der Waals surface area contributed by atoms with Gasteiger partial charge in [-0.15, -0.1) is 0 Å². The number of phenols is 1. The molecule has 0 aliphatic heterocycles. The van der Waals surface area contributed by atoms with E-state index in [0.717, 1.165) is 27.7 Å². The first-order chi connectivity index (χ1) is 9.15. The summed E-state index contributed by atoms with van der Waals surface area (Å²) in [4.78, 5) is 4.64. The van der Waals surface area contributed by atoms with Crippen LogP contribution >= 0.6 is 11.6 Å². The molecular weight excluding hydrogens is 258 g/mol. The summed E-state index contributed by atoms with van der Waals surface area (Å²) in [7, 11) is 0. The molecule has 0 unspecified atom stereocenters. The minimum Gasteiger partial charge on any atom is -0.506 e. The van der Waals surface area contributed by atoms with Gasteiger partial charge in [-0.05, 0) is 36.8 Å². The minimum absolute atomic E-state index is 0.101. The van der Waals surface area contributed by atoms with Gasteiger partial charge >= 0.3 is 0 Å². The molecule has 0 atom stereocenters. The molecule has 0 bridgehead atoms. The molecule has 2 nitrogen and oxygen atoms in total. The molecule has 1 heterocycles. The van der Waals surface area contributed by atoms with Gasteiger partial charge in [0.1, 0.15) is 5.75 Å². The molecule has 3 aromatic rings. The fourth-order valence-corrected chi connectivity index (χ4v) is 2.32. The van der Waals surface area contributed by atoms with Crippen LogP contribution in [0.5, 0.6) is 5.75 Å². The smallest absolute Gasteiger partial charge is 0.134 e. The Kier molecular flexibility index (Phi) is 2.88. The molecule has 1 N–H and O–H groups in total. The third kappa shape index (κ3) is 2.15. The Balaban J connectivity index is 2.21. The minimum atomic E-state index is 0.101. The molecule has 0 amide bonds. The van der Waals surface area contributed by atoms with Crippen LogP contribution in [0.25, 0.3) is 22.2 Å². The van der Waals surface area contributed by atoms with E-state index in [4.69, 9.17) is 11.6 Å². The molecule has 1 aromatic heterocycles. The van der Waals surface area contributed by atoms with Gasteiger partial charge in [0.2, 0.25) is 0 Å². The van der Waals surface area contributed by atoms with Crippen LogP contribution < -0.4 is 0 Å². The SMILES string of the molecule is Cc1cc(O)c(Cl)cc1-c1ccc2ccccc2n1. The number of halogens is 1. The number of aryl methyl sites for hydroxylation is 1. The maximum Gasteiger partial charge on any atom is 0.134 e. The number of benzene rings is 2. The van der Waals surface area contributed by atoms with E-state index in [1.54, 1.807) is 12.1 Å². The summed E-state index contributed by atoms with van der Waals surface area (Å²) in [5.74, 6) is 0.101. The van der Waals surface area contributed by atoms with Crippen molar-refractivity contribution in [1.29, 1.82) is 0 Å². The summed E-state index contributed by atoms with van der Waals surface area (Å²) in [5.41, 5.74) is 3.69. The number of hydrogen-bond acceptors (Lipinski definition) is 2. The highest BCUT2D eigenvalue weighted by Crippen LogP contribution is 2.32. The molecule has 2 aromatic carbocycles. The maximum atomic E-state index is 9.59. The summed E-state index contributed by atoms with van der Waals surface area (Å²) in [5, 5.41) is 11.0. The number of nitrogens with zero attached hydrogens (tertiary/aromatic N) is 1. The second-order valence-corrected chi connectivity index (χ2v) is 4.91. The van der Waals surface area contributed by atoms with Crippen molar-refractivity contribution in [3.05, 3.63) is 59.1 Å². The van der Waals surface area contributed by atoms with Crippen molar-refractivity contribution in [2.75, 3.05) is 0 Å². The fraction of sp³-hybridized carbons (Fsp3) is 0.0625. The normalized spacial score (nSPS) is 10.8. The average Bonchev–Trinajstić information content (AvgIpc) is 2.42. The van der Waals surface area contributed by atoms with Crippen LogP contribution in [0.15, 0.2) is 48.5 Å². The van der Waals surface area contributed by atoms with E-state index in [2.05, 4.69) is 4.98 Å². The Morgan fingerprint density at radius 2 is 1.84 bits per heavy atom. The molecule has 0 saturated heterocycles. The Morgan fingerprint density at radius 3 is 2.68 bits per heavy atom. The van der Waals surface area contributed by atoms with Gasteiger partial charge in [-0.25, -0.2) is 4.98 Å². The van der Waals surface area contributed by atoms with Crippen LogP contribution in [0.1, 0.15) is 5.56 Å². The quantitative estimate of drug-likeness (QED) is 0.702. The zero-order valence-corrected chi connectivity index (χ0v) is 11.1. The predicted molar refractivity (Wildman–Crippen MR) is 78.6 cm³/mol. The van der Waals surface area contributed by atoms with Gasteiger partial charge in [0.25, 0.3) is 0 Å². The van der Waals surface area contributed by atoms with Gasteiger partial charge in [0.05, 0.1) is 16.2 Å². The van der Waals surface area contributed by atoms with Crippen molar-refractivity contribution in [2.45, 2.75) is 6.92 Å². The van der Waals surface area contributed by atoms with Crippen molar-refractivity contribution in [3.8, 4) is 17.0 Å². The molecule has 0 spiro atoms. The zero-order valence-electron chi connectivity index (χ0n) is 10.4. The molecule has 0 aliphatic rings. The van der Waals surface area contributed by atoms with Crippen LogP contribution in [0, 0.1) is 6.92 Å². The Morgan fingerprint density at radius 1 is 1.05 bits per heavy atom. The molecule has 0 aliphatic carbocycles. The Bertz CT molecular complexity index is 768. The van der Waals surface area contributed by atoms with Gasteiger partial charge in [-0.2, -0.15) is 0 Å². The molecular formula is C16H12ClNO. The lowest BCUT2D eigenvalue weighted by Gasteiger charge is -2.08. The predicted octanol–water partition coefficient (Wildman–Crippen LogP) is 4.57. The number of hydrogen-bond donors (Lipinski definition) is 1. The lowest BCUT2D eigenvalue weighted by atomic mass is 10.0. The van der Waals surface area contributed by atoms with Crippen LogP contribution in [-0.4, -0.2) is 10.1 Å². The van der Waals surface area contributed by atoms with Crippen LogP contribution in [0.2, 0.25) is 5.02 Å². The molecule has 0 radical (unpaired) electrons. The maximum absolute atomic E-state index is 9.59. The third-order valence-corrected chi connectivity index (χ3v) is 3.47. The van der Waals surface area contributed by atoms with Crippen molar-refractivity contribution in [3.63, 3.8) is 0 Å². The topological polar surface area (TPSA) is 33.1 Å². The largest absolute Gasteiger partial charge is 0.506 e. The number of aromatic hydroxyl groups is 1. The number of phenolic OH excluding ortho intramolecular Hbond substituents is 1. The lowest BCUT2D eigenvalue weighted by molar-refractivity contribution is 0.475. The standard InChI is InChI=1S/C16H12ClNO/c1-10-8-16(19)13(17)9-12(10)15-7-6-11-4-2-3-5-14(11)18-15/h2-9,19H,1H3. The van der Waals surface area contributed by atoms with E-state index in [0.29, 0.717) is 5.02 Å². The van der Waals surface area contributed by atoms with E-state index in [9.17, 15) is 5.11 Å². The summed E-state index contributed by atoms with van der Waals surface area (Å²) in [6.45, 7) is 1.93. The van der Waals surface area contributed by atoms with Crippen LogP contribution in [0.3, 0.4) is 0 Å². The summed E-state index contributed by atoms with van der Waals surface area (Å²) in [6, 6.07) is 15.4. The lowest BCUT2D eigenvalue weighted by Crippen LogP contribution is -1.88. The van der Waals surface area contributed by atoms with Gasteiger partial charge in [-0.3, -0.25) is 0 Å².